The van der Waals surface area contributed by atoms with Gasteiger partial charge in [0.05, 0.1) is 13.2 Å². The molecular formula is C19H22N4O3. The molecule has 0 saturated carbocycles. The van der Waals surface area contributed by atoms with Crippen LogP contribution in [0, 0.1) is 6.92 Å². The minimum Gasteiger partial charge on any atom is -0.379 e. The molecule has 1 fully saturated rings. The van der Waals surface area contributed by atoms with Gasteiger partial charge in [-0.3, -0.25) is 9.69 Å². The number of amides is 1. The quantitative estimate of drug-likeness (QED) is 0.736. The number of nitrogens with one attached hydrogen (secondary N) is 2. The summed E-state index contributed by atoms with van der Waals surface area (Å²) in [6.45, 7) is 6.36. The van der Waals surface area contributed by atoms with Gasteiger partial charge in [0.25, 0.3) is 5.91 Å². The zero-order chi connectivity index (χ0) is 17.9. The number of anilines is 1. The first-order valence-electron chi connectivity index (χ1n) is 8.84. The molecule has 4 rings (SSSR count). The predicted octanol–water partition coefficient (Wildman–Crippen LogP) is 2.59. The highest BCUT2D eigenvalue weighted by atomic mass is 16.5. The van der Waals surface area contributed by atoms with Gasteiger partial charge in [-0.15, -0.1) is 0 Å². The van der Waals surface area contributed by atoms with Gasteiger partial charge in [0.1, 0.15) is 5.76 Å². The number of ether oxygens (including phenoxy) is 1. The van der Waals surface area contributed by atoms with Crippen molar-refractivity contribution in [2.45, 2.75) is 13.3 Å². The van der Waals surface area contributed by atoms with E-state index >= 15 is 0 Å². The minimum absolute atomic E-state index is 0.272. The van der Waals surface area contributed by atoms with Crippen molar-refractivity contribution in [3.63, 3.8) is 0 Å². The van der Waals surface area contributed by atoms with Crippen LogP contribution < -0.4 is 5.32 Å². The van der Waals surface area contributed by atoms with E-state index in [-0.39, 0.29) is 11.6 Å². The fraction of sp³-hybridized carbons (Fsp3) is 0.368. The molecule has 0 unspecified atom stereocenters. The molecule has 3 aromatic rings. The molecule has 1 aromatic carbocycles. The molecule has 1 aliphatic heterocycles. The van der Waals surface area contributed by atoms with Gasteiger partial charge in [-0.25, -0.2) is 0 Å². The van der Waals surface area contributed by atoms with Crippen LogP contribution >= 0.6 is 0 Å². The third-order valence-corrected chi connectivity index (χ3v) is 4.69. The highest BCUT2D eigenvalue weighted by molar-refractivity contribution is 6.04. The smallest absolute Gasteiger partial charge is 0.277 e. The van der Waals surface area contributed by atoms with Crippen LogP contribution in [0.15, 0.2) is 35.0 Å². The van der Waals surface area contributed by atoms with E-state index in [1.54, 1.807) is 13.0 Å². The second-order valence-electron chi connectivity index (χ2n) is 6.56. The van der Waals surface area contributed by atoms with E-state index in [1.165, 1.54) is 5.56 Å². The summed E-state index contributed by atoms with van der Waals surface area (Å²) in [7, 11) is 0. The van der Waals surface area contributed by atoms with Gasteiger partial charge in [0.15, 0.2) is 5.69 Å². The van der Waals surface area contributed by atoms with E-state index in [4.69, 9.17) is 9.26 Å². The van der Waals surface area contributed by atoms with Gasteiger partial charge in [0, 0.05) is 48.5 Å². The third kappa shape index (κ3) is 3.63. The Kier molecular flexibility index (Phi) is 4.73. The molecule has 7 heteroatoms. The molecule has 0 aliphatic carbocycles. The van der Waals surface area contributed by atoms with Crippen molar-refractivity contribution >= 4 is 22.5 Å². The molecule has 7 nitrogen and oxygen atoms in total. The summed E-state index contributed by atoms with van der Waals surface area (Å²) in [5.41, 5.74) is 3.34. The summed E-state index contributed by atoms with van der Waals surface area (Å²) in [6, 6.07) is 7.50. The van der Waals surface area contributed by atoms with Gasteiger partial charge in [-0.05, 0) is 37.1 Å². The highest BCUT2D eigenvalue weighted by Gasteiger charge is 2.14. The predicted molar refractivity (Wildman–Crippen MR) is 98.5 cm³/mol. The Morgan fingerprint density at radius 2 is 2.15 bits per heavy atom. The summed E-state index contributed by atoms with van der Waals surface area (Å²) in [4.78, 5) is 18.0. The summed E-state index contributed by atoms with van der Waals surface area (Å²) in [5, 5.41) is 7.77. The summed E-state index contributed by atoms with van der Waals surface area (Å²) < 4.78 is 10.4. The Morgan fingerprint density at radius 1 is 1.31 bits per heavy atom. The average Bonchev–Trinajstić information content (AvgIpc) is 3.27. The van der Waals surface area contributed by atoms with Crippen LogP contribution in [0.25, 0.3) is 10.9 Å². The number of aromatic nitrogens is 2. The zero-order valence-corrected chi connectivity index (χ0v) is 14.7. The van der Waals surface area contributed by atoms with E-state index in [2.05, 4.69) is 26.6 Å². The van der Waals surface area contributed by atoms with Crippen molar-refractivity contribution in [1.82, 2.24) is 15.0 Å². The number of H-pyrrole nitrogens is 1. The molecule has 3 heterocycles. The summed E-state index contributed by atoms with van der Waals surface area (Å²) in [5.74, 6) is 0.341. The maximum Gasteiger partial charge on any atom is 0.277 e. The van der Waals surface area contributed by atoms with Crippen LogP contribution in [0.4, 0.5) is 5.69 Å². The van der Waals surface area contributed by atoms with E-state index in [0.29, 0.717) is 5.76 Å². The normalized spacial score (nSPS) is 15.4. The second kappa shape index (κ2) is 7.31. The number of hydrogen-bond donors (Lipinski definition) is 2. The molecule has 1 aliphatic rings. The maximum absolute atomic E-state index is 12.3. The average molecular weight is 354 g/mol. The van der Waals surface area contributed by atoms with Crippen LogP contribution in [-0.4, -0.2) is 53.8 Å². The number of aryl methyl sites for hydroxylation is 1. The minimum atomic E-state index is -0.272. The number of morpholine rings is 1. The molecule has 2 N–H and O–H groups in total. The van der Waals surface area contributed by atoms with Gasteiger partial charge in [-0.2, -0.15) is 0 Å². The Bertz CT molecular complexity index is 909. The van der Waals surface area contributed by atoms with Crippen LogP contribution in [0.5, 0.6) is 0 Å². The van der Waals surface area contributed by atoms with Crippen LogP contribution in [-0.2, 0) is 11.2 Å². The summed E-state index contributed by atoms with van der Waals surface area (Å²) >= 11 is 0. The van der Waals surface area contributed by atoms with E-state index in [9.17, 15) is 4.79 Å². The number of nitrogens with zero attached hydrogens (tertiary/aromatic N) is 2. The van der Waals surface area contributed by atoms with Crippen molar-refractivity contribution < 1.29 is 14.1 Å². The lowest BCUT2D eigenvalue weighted by Gasteiger charge is -2.26. The lowest BCUT2D eigenvalue weighted by atomic mass is 10.1. The van der Waals surface area contributed by atoms with Gasteiger partial charge < -0.3 is 19.6 Å². The number of carbonyl (C=O) groups is 1. The van der Waals surface area contributed by atoms with E-state index < -0.39 is 0 Å². The fourth-order valence-electron chi connectivity index (χ4n) is 3.23. The van der Waals surface area contributed by atoms with E-state index in [1.807, 2.05) is 18.2 Å². The fourth-order valence-corrected chi connectivity index (χ4v) is 3.23. The summed E-state index contributed by atoms with van der Waals surface area (Å²) in [6.07, 6.45) is 3.01. The van der Waals surface area contributed by atoms with Crippen molar-refractivity contribution in [1.29, 1.82) is 0 Å². The molecular weight excluding hydrogens is 332 g/mol. The molecule has 0 bridgehead atoms. The molecule has 0 radical (unpaired) electrons. The Hall–Kier alpha value is -2.64. The number of rotatable bonds is 5. The topological polar surface area (TPSA) is 83.4 Å². The van der Waals surface area contributed by atoms with E-state index in [0.717, 1.165) is 55.9 Å². The zero-order valence-electron chi connectivity index (χ0n) is 14.7. The first-order chi connectivity index (χ1) is 12.7. The van der Waals surface area contributed by atoms with Crippen molar-refractivity contribution in [3.05, 3.63) is 47.5 Å². The lowest BCUT2D eigenvalue weighted by molar-refractivity contribution is 0.0385. The largest absolute Gasteiger partial charge is 0.379 e. The third-order valence-electron chi connectivity index (χ3n) is 4.69. The maximum atomic E-state index is 12.3. The van der Waals surface area contributed by atoms with Crippen LogP contribution in [0.1, 0.15) is 21.8 Å². The van der Waals surface area contributed by atoms with Gasteiger partial charge in [0.2, 0.25) is 0 Å². The van der Waals surface area contributed by atoms with Crippen LogP contribution in [0.2, 0.25) is 0 Å². The number of fused-ring (bicyclic) bond motifs is 1. The van der Waals surface area contributed by atoms with Gasteiger partial charge in [-0.1, -0.05) is 5.16 Å². The monoisotopic (exact) mass is 354 g/mol. The van der Waals surface area contributed by atoms with Crippen molar-refractivity contribution in [3.8, 4) is 0 Å². The van der Waals surface area contributed by atoms with Crippen molar-refractivity contribution in [2.75, 3.05) is 38.2 Å². The Balaban J connectivity index is 1.47. The number of hydrogen-bond acceptors (Lipinski definition) is 5. The standard InChI is InChI=1S/C19H22N4O3/c1-13-10-18(22-26-13)19(24)21-15-2-3-17-16(11-15)14(12-20-17)4-5-23-6-8-25-9-7-23/h2-3,10-12,20H,4-9H2,1H3,(H,21,24). The SMILES string of the molecule is Cc1cc(C(=O)Nc2ccc3[nH]cc(CCN4CCOCC4)c3c2)no1. The molecule has 136 valence electrons. The van der Waals surface area contributed by atoms with Crippen LogP contribution in [0.3, 0.4) is 0 Å². The van der Waals surface area contributed by atoms with Crippen molar-refractivity contribution in [2.24, 2.45) is 0 Å². The molecule has 2 aromatic heterocycles. The number of carbonyl (C=O) groups excluding carboxylic acids is 1. The lowest BCUT2D eigenvalue weighted by Crippen LogP contribution is -2.37. The highest BCUT2D eigenvalue weighted by Crippen LogP contribution is 2.23. The first kappa shape index (κ1) is 16.8. The van der Waals surface area contributed by atoms with Gasteiger partial charge >= 0.3 is 0 Å². The Morgan fingerprint density at radius 3 is 2.92 bits per heavy atom. The molecule has 26 heavy (non-hydrogen) atoms. The molecule has 1 saturated heterocycles. The molecule has 0 atom stereocenters. The number of benzene rings is 1. The molecule has 1 amide bonds. The molecule has 0 spiro atoms. The first-order valence-corrected chi connectivity index (χ1v) is 8.84. The Labute approximate surface area is 151 Å². The second-order valence-corrected chi connectivity index (χ2v) is 6.56. The number of aromatic amines is 1.